The van der Waals surface area contributed by atoms with Crippen LogP contribution in [0.1, 0.15) is 15.9 Å². The molecular weight excluding hydrogens is 221 g/mol. The number of hydrogen-bond acceptors (Lipinski definition) is 1. The van der Waals surface area contributed by atoms with Crippen molar-refractivity contribution in [3.05, 3.63) is 35.4 Å². The standard InChI is InChI=1S/C11H7F3O2/c12-11(13,14)7-1-2-8-3-5-9(6-4-8)10(15)16/h3-6H,2H2,(H,15,16). The van der Waals surface area contributed by atoms with Gasteiger partial charge in [0.05, 0.1) is 5.56 Å². The minimum Gasteiger partial charge on any atom is -0.478 e. The Morgan fingerprint density at radius 2 is 1.81 bits per heavy atom. The molecule has 2 nitrogen and oxygen atoms in total. The summed E-state index contributed by atoms with van der Waals surface area (Å²) < 4.78 is 35.0. The highest BCUT2D eigenvalue weighted by atomic mass is 19.4. The van der Waals surface area contributed by atoms with E-state index in [0.29, 0.717) is 5.56 Å². The number of benzene rings is 1. The number of carbonyl (C=O) groups is 1. The largest absolute Gasteiger partial charge is 0.478 e. The monoisotopic (exact) mass is 228 g/mol. The van der Waals surface area contributed by atoms with E-state index < -0.39 is 12.1 Å². The predicted octanol–water partition coefficient (Wildman–Crippen LogP) is 2.49. The van der Waals surface area contributed by atoms with Gasteiger partial charge in [0.15, 0.2) is 0 Å². The summed E-state index contributed by atoms with van der Waals surface area (Å²) in [5.41, 5.74) is 0.634. The van der Waals surface area contributed by atoms with Crippen molar-refractivity contribution in [2.24, 2.45) is 0 Å². The molecule has 0 bridgehead atoms. The molecule has 1 aromatic rings. The molecular formula is C11H7F3O2. The summed E-state index contributed by atoms with van der Waals surface area (Å²) in [5.74, 6) is 2.03. The zero-order valence-electron chi connectivity index (χ0n) is 8.01. The maximum atomic E-state index is 11.7. The van der Waals surface area contributed by atoms with Gasteiger partial charge in [-0.1, -0.05) is 18.1 Å². The van der Waals surface area contributed by atoms with E-state index in [1.807, 2.05) is 5.92 Å². The average molecular weight is 228 g/mol. The van der Waals surface area contributed by atoms with Gasteiger partial charge in [-0.15, -0.1) is 0 Å². The molecule has 0 spiro atoms. The molecule has 0 aliphatic heterocycles. The molecule has 16 heavy (non-hydrogen) atoms. The fourth-order valence-electron chi connectivity index (χ4n) is 1.01. The minimum atomic E-state index is -4.49. The number of rotatable bonds is 2. The number of carboxylic acid groups (broad SMARTS) is 1. The molecule has 0 saturated heterocycles. The van der Waals surface area contributed by atoms with Gasteiger partial charge in [0.25, 0.3) is 0 Å². The highest BCUT2D eigenvalue weighted by Crippen LogP contribution is 2.12. The first kappa shape index (κ1) is 12.1. The Morgan fingerprint density at radius 3 is 2.25 bits per heavy atom. The van der Waals surface area contributed by atoms with Crippen LogP contribution >= 0.6 is 0 Å². The zero-order chi connectivity index (χ0) is 12.2. The number of carboxylic acids is 1. The maximum absolute atomic E-state index is 11.7. The van der Waals surface area contributed by atoms with Crippen LogP contribution in [0, 0.1) is 11.8 Å². The Labute approximate surface area is 89.7 Å². The van der Waals surface area contributed by atoms with Gasteiger partial charge < -0.3 is 5.11 Å². The summed E-state index contributed by atoms with van der Waals surface area (Å²) in [6.45, 7) is 0. The minimum absolute atomic E-state index is 0.0561. The van der Waals surface area contributed by atoms with Crippen molar-refractivity contribution >= 4 is 5.97 Å². The number of hydrogen-bond donors (Lipinski definition) is 1. The smallest absolute Gasteiger partial charge is 0.457 e. The molecule has 0 heterocycles. The van der Waals surface area contributed by atoms with Gasteiger partial charge in [0, 0.05) is 12.3 Å². The molecule has 84 valence electrons. The second-order valence-electron chi connectivity index (χ2n) is 2.98. The Morgan fingerprint density at radius 1 is 1.25 bits per heavy atom. The molecule has 0 radical (unpaired) electrons. The third kappa shape index (κ3) is 4.05. The van der Waals surface area contributed by atoms with Gasteiger partial charge in [-0.05, 0) is 17.7 Å². The van der Waals surface area contributed by atoms with Crippen molar-refractivity contribution in [3.63, 3.8) is 0 Å². The lowest BCUT2D eigenvalue weighted by Crippen LogP contribution is -2.01. The van der Waals surface area contributed by atoms with Crippen LogP contribution in [0.3, 0.4) is 0 Å². The molecule has 0 aliphatic rings. The summed E-state index contributed by atoms with van der Waals surface area (Å²) in [5, 5.41) is 8.58. The molecule has 1 rings (SSSR count). The van der Waals surface area contributed by atoms with Crippen molar-refractivity contribution in [2.45, 2.75) is 12.6 Å². The quantitative estimate of drug-likeness (QED) is 0.789. The molecule has 0 saturated carbocycles. The van der Waals surface area contributed by atoms with Crippen molar-refractivity contribution in [1.29, 1.82) is 0 Å². The van der Waals surface area contributed by atoms with Crippen LogP contribution in [0.25, 0.3) is 0 Å². The van der Waals surface area contributed by atoms with Gasteiger partial charge in [0.1, 0.15) is 0 Å². The van der Waals surface area contributed by atoms with E-state index in [4.69, 9.17) is 5.11 Å². The first-order chi connectivity index (χ1) is 7.38. The SMILES string of the molecule is O=C(O)c1ccc(CC#CC(F)(F)F)cc1. The number of alkyl halides is 3. The van der Waals surface area contributed by atoms with E-state index in [9.17, 15) is 18.0 Å². The lowest BCUT2D eigenvalue weighted by Gasteiger charge is -1.97. The highest BCUT2D eigenvalue weighted by Gasteiger charge is 2.22. The lowest BCUT2D eigenvalue weighted by atomic mass is 10.1. The number of aromatic carboxylic acids is 1. The third-order valence-corrected chi connectivity index (χ3v) is 1.72. The van der Waals surface area contributed by atoms with Crippen LogP contribution in [0.2, 0.25) is 0 Å². The van der Waals surface area contributed by atoms with E-state index in [0.717, 1.165) is 5.92 Å². The van der Waals surface area contributed by atoms with Crippen LogP contribution in [-0.4, -0.2) is 17.3 Å². The van der Waals surface area contributed by atoms with E-state index in [-0.39, 0.29) is 12.0 Å². The van der Waals surface area contributed by atoms with Gasteiger partial charge in [-0.3, -0.25) is 0 Å². The molecule has 1 aromatic carbocycles. The van der Waals surface area contributed by atoms with Gasteiger partial charge >= 0.3 is 12.1 Å². The summed E-state index contributed by atoms with van der Waals surface area (Å²) in [4.78, 5) is 10.5. The molecule has 0 atom stereocenters. The molecule has 0 amide bonds. The predicted molar refractivity (Wildman–Crippen MR) is 50.9 cm³/mol. The van der Waals surface area contributed by atoms with Crippen LogP contribution in [0.4, 0.5) is 13.2 Å². The van der Waals surface area contributed by atoms with E-state index >= 15 is 0 Å². The fraction of sp³-hybridized carbons (Fsp3) is 0.182. The molecule has 1 N–H and O–H groups in total. The van der Waals surface area contributed by atoms with E-state index in [1.165, 1.54) is 24.3 Å². The molecule has 5 heteroatoms. The normalized spacial score (nSPS) is 10.4. The highest BCUT2D eigenvalue weighted by molar-refractivity contribution is 5.87. The van der Waals surface area contributed by atoms with Crippen molar-refractivity contribution < 1.29 is 23.1 Å². The van der Waals surface area contributed by atoms with Crippen LogP contribution in [0.5, 0.6) is 0 Å². The molecule has 0 fully saturated rings. The van der Waals surface area contributed by atoms with Crippen LogP contribution < -0.4 is 0 Å². The Balaban J connectivity index is 2.69. The third-order valence-electron chi connectivity index (χ3n) is 1.72. The summed E-state index contributed by atoms with van der Waals surface area (Å²) in [6, 6.07) is 5.53. The maximum Gasteiger partial charge on any atom is 0.457 e. The summed E-state index contributed by atoms with van der Waals surface area (Å²) in [7, 11) is 0. The van der Waals surface area contributed by atoms with Crippen LogP contribution in [-0.2, 0) is 6.42 Å². The first-order valence-electron chi connectivity index (χ1n) is 4.27. The molecule has 0 aromatic heterocycles. The van der Waals surface area contributed by atoms with Crippen molar-refractivity contribution in [3.8, 4) is 11.8 Å². The second kappa shape index (κ2) is 4.71. The second-order valence-corrected chi connectivity index (χ2v) is 2.98. The van der Waals surface area contributed by atoms with Crippen LogP contribution in [0.15, 0.2) is 24.3 Å². The molecule has 0 unspecified atom stereocenters. The Hall–Kier alpha value is -1.96. The summed E-state index contributed by atoms with van der Waals surface area (Å²) >= 11 is 0. The Bertz CT molecular complexity index is 435. The molecule has 0 aliphatic carbocycles. The van der Waals surface area contributed by atoms with E-state index in [2.05, 4.69) is 0 Å². The van der Waals surface area contributed by atoms with Crippen molar-refractivity contribution in [1.82, 2.24) is 0 Å². The summed E-state index contributed by atoms with van der Waals surface area (Å²) in [6.07, 6.45) is -4.54. The van der Waals surface area contributed by atoms with Gasteiger partial charge in [-0.2, -0.15) is 13.2 Å². The zero-order valence-corrected chi connectivity index (χ0v) is 8.01. The van der Waals surface area contributed by atoms with Gasteiger partial charge in [0.2, 0.25) is 0 Å². The fourth-order valence-corrected chi connectivity index (χ4v) is 1.01. The van der Waals surface area contributed by atoms with Crippen molar-refractivity contribution in [2.75, 3.05) is 0 Å². The van der Waals surface area contributed by atoms with E-state index in [1.54, 1.807) is 0 Å². The average Bonchev–Trinajstić information content (AvgIpc) is 2.16. The van der Waals surface area contributed by atoms with Gasteiger partial charge in [-0.25, -0.2) is 4.79 Å². The lowest BCUT2D eigenvalue weighted by molar-refractivity contribution is -0.0697. The topological polar surface area (TPSA) is 37.3 Å². The first-order valence-corrected chi connectivity index (χ1v) is 4.27. The Kier molecular flexibility index (Phi) is 3.56. The number of halogens is 3.